The average Bonchev–Trinajstić information content (AvgIpc) is 2.79. The van der Waals surface area contributed by atoms with Crippen LogP contribution in [0.3, 0.4) is 0 Å². The van der Waals surface area contributed by atoms with Crippen LogP contribution in [0.15, 0.2) is 39.2 Å². The molecule has 22 heavy (non-hydrogen) atoms. The third-order valence-electron chi connectivity index (χ3n) is 3.26. The molecule has 1 amide bonds. The van der Waals surface area contributed by atoms with Gasteiger partial charge in [-0.15, -0.1) is 0 Å². The topological polar surface area (TPSA) is 70.8 Å². The standard InChI is InChI=1S/C16H16BrNO4/c1-10-14(16(20)21)8-13(22-10)9-18(2)15(19)7-11-4-3-5-12(17)6-11/h3-6,8H,7,9H2,1-2H3,(H,20,21). The van der Waals surface area contributed by atoms with Gasteiger partial charge in [-0.25, -0.2) is 4.79 Å². The molecule has 0 aliphatic heterocycles. The molecule has 0 saturated carbocycles. The normalized spacial score (nSPS) is 10.5. The van der Waals surface area contributed by atoms with Gasteiger partial charge in [0.1, 0.15) is 17.1 Å². The summed E-state index contributed by atoms with van der Waals surface area (Å²) in [5.74, 6) is -0.296. The number of hydrogen-bond acceptors (Lipinski definition) is 3. The molecule has 1 N–H and O–H groups in total. The van der Waals surface area contributed by atoms with Gasteiger partial charge in [-0.1, -0.05) is 28.1 Å². The highest BCUT2D eigenvalue weighted by Gasteiger charge is 2.17. The van der Waals surface area contributed by atoms with Gasteiger partial charge < -0.3 is 14.4 Å². The quantitative estimate of drug-likeness (QED) is 0.882. The van der Waals surface area contributed by atoms with E-state index in [0.717, 1.165) is 10.0 Å². The van der Waals surface area contributed by atoms with Crippen molar-refractivity contribution in [3.8, 4) is 0 Å². The van der Waals surface area contributed by atoms with Crippen LogP contribution < -0.4 is 0 Å². The van der Waals surface area contributed by atoms with Crippen LogP contribution in [0.1, 0.15) is 27.4 Å². The van der Waals surface area contributed by atoms with Gasteiger partial charge in [0.2, 0.25) is 5.91 Å². The molecule has 0 saturated heterocycles. The van der Waals surface area contributed by atoms with E-state index in [0.29, 0.717) is 11.5 Å². The minimum atomic E-state index is -1.03. The van der Waals surface area contributed by atoms with E-state index in [-0.39, 0.29) is 24.4 Å². The molecule has 2 aromatic rings. The summed E-state index contributed by atoms with van der Waals surface area (Å²) in [5, 5.41) is 9.00. The maximum absolute atomic E-state index is 12.2. The maximum atomic E-state index is 12.2. The SMILES string of the molecule is Cc1oc(CN(C)C(=O)Cc2cccc(Br)c2)cc1C(=O)O. The number of rotatable bonds is 5. The van der Waals surface area contributed by atoms with Crippen molar-refractivity contribution in [1.29, 1.82) is 0 Å². The Labute approximate surface area is 136 Å². The Morgan fingerprint density at radius 2 is 2.05 bits per heavy atom. The molecule has 5 nitrogen and oxygen atoms in total. The van der Waals surface area contributed by atoms with E-state index < -0.39 is 5.97 Å². The van der Waals surface area contributed by atoms with Crippen LogP contribution in [0.5, 0.6) is 0 Å². The fourth-order valence-electron chi connectivity index (χ4n) is 2.11. The molecule has 0 unspecified atom stereocenters. The first-order chi connectivity index (χ1) is 10.4. The number of hydrogen-bond donors (Lipinski definition) is 1. The van der Waals surface area contributed by atoms with Gasteiger partial charge >= 0.3 is 5.97 Å². The van der Waals surface area contributed by atoms with Crippen molar-refractivity contribution < 1.29 is 19.1 Å². The number of aryl methyl sites for hydroxylation is 1. The molecule has 0 fully saturated rings. The Hall–Kier alpha value is -2.08. The Morgan fingerprint density at radius 3 is 2.64 bits per heavy atom. The monoisotopic (exact) mass is 365 g/mol. The van der Waals surface area contributed by atoms with Crippen LogP contribution in [0.4, 0.5) is 0 Å². The van der Waals surface area contributed by atoms with E-state index in [1.165, 1.54) is 11.0 Å². The molecule has 6 heteroatoms. The molecule has 1 aromatic heterocycles. The summed E-state index contributed by atoms with van der Waals surface area (Å²) < 4.78 is 6.31. The van der Waals surface area contributed by atoms with Crippen LogP contribution in [0.25, 0.3) is 0 Å². The fraction of sp³-hybridized carbons (Fsp3) is 0.250. The predicted octanol–water partition coefficient (Wildman–Crippen LogP) is 3.25. The number of carboxylic acids is 1. The third kappa shape index (κ3) is 3.98. The second-order valence-corrected chi connectivity index (χ2v) is 5.96. The van der Waals surface area contributed by atoms with Crippen molar-refractivity contribution in [3.63, 3.8) is 0 Å². The number of furan rings is 1. The number of amides is 1. The largest absolute Gasteiger partial charge is 0.478 e. The summed E-state index contributed by atoms with van der Waals surface area (Å²) in [4.78, 5) is 24.7. The number of carbonyl (C=O) groups is 2. The molecule has 1 heterocycles. The summed E-state index contributed by atoms with van der Waals surface area (Å²) in [6.45, 7) is 1.83. The summed E-state index contributed by atoms with van der Waals surface area (Å²) in [6.07, 6.45) is 0.279. The van der Waals surface area contributed by atoms with Crippen molar-refractivity contribution in [2.24, 2.45) is 0 Å². The van der Waals surface area contributed by atoms with Gasteiger partial charge in [-0.3, -0.25) is 4.79 Å². The first kappa shape index (κ1) is 16.3. The van der Waals surface area contributed by atoms with E-state index in [1.54, 1.807) is 14.0 Å². The highest BCUT2D eigenvalue weighted by molar-refractivity contribution is 9.10. The minimum Gasteiger partial charge on any atom is -0.478 e. The highest BCUT2D eigenvalue weighted by atomic mass is 79.9. The predicted molar refractivity (Wildman–Crippen MR) is 84.7 cm³/mol. The average molecular weight is 366 g/mol. The van der Waals surface area contributed by atoms with Crippen LogP contribution in [0, 0.1) is 6.92 Å². The van der Waals surface area contributed by atoms with Gasteiger partial charge in [-0.05, 0) is 30.7 Å². The Morgan fingerprint density at radius 1 is 1.32 bits per heavy atom. The lowest BCUT2D eigenvalue weighted by Gasteiger charge is -2.15. The number of likely N-dealkylation sites (N-methyl/N-ethyl adjacent to an activating group) is 1. The first-order valence-electron chi connectivity index (χ1n) is 6.68. The smallest absolute Gasteiger partial charge is 0.339 e. The molecule has 1 aromatic carbocycles. The van der Waals surface area contributed by atoms with Crippen molar-refractivity contribution in [2.45, 2.75) is 19.9 Å². The van der Waals surface area contributed by atoms with Gasteiger partial charge in [0.15, 0.2) is 0 Å². The Kier molecular flexibility index (Phi) is 5.03. The van der Waals surface area contributed by atoms with E-state index in [2.05, 4.69) is 15.9 Å². The molecular weight excluding hydrogens is 350 g/mol. The molecular formula is C16H16BrNO4. The van der Waals surface area contributed by atoms with Crippen molar-refractivity contribution in [1.82, 2.24) is 4.90 Å². The fourth-order valence-corrected chi connectivity index (χ4v) is 2.56. The first-order valence-corrected chi connectivity index (χ1v) is 7.47. The van der Waals surface area contributed by atoms with Crippen LogP contribution in [0.2, 0.25) is 0 Å². The Balaban J connectivity index is 2.02. The van der Waals surface area contributed by atoms with Gasteiger partial charge in [0, 0.05) is 11.5 Å². The second-order valence-electron chi connectivity index (χ2n) is 5.04. The van der Waals surface area contributed by atoms with E-state index in [4.69, 9.17) is 9.52 Å². The van der Waals surface area contributed by atoms with Crippen molar-refractivity contribution in [3.05, 3.63) is 57.5 Å². The summed E-state index contributed by atoms with van der Waals surface area (Å²) in [6, 6.07) is 9.01. The van der Waals surface area contributed by atoms with Gasteiger partial charge in [-0.2, -0.15) is 0 Å². The lowest BCUT2D eigenvalue weighted by Crippen LogP contribution is -2.27. The summed E-state index contributed by atoms with van der Waals surface area (Å²) in [7, 11) is 1.67. The van der Waals surface area contributed by atoms with Crippen molar-refractivity contribution >= 4 is 27.8 Å². The number of benzene rings is 1. The zero-order valence-electron chi connectivity index (χ0n) is 12.3. The molecule has 0 radical (unpaired) electrons. The molecule has 2 rings (SSSR count). The zero-order chi connectivity index (χ0) is 16.3. The van der Waals surface area contributed by atoms with Crippen LogP contribution in [-0.2, 0) is 17.8 Å². The maximum Gasteiger partial charge on any atom is 0.339 e. The molecule has 0 bridgehead atoms. The summed E-state index contributed by atoms with van der Waals surface area (Å²) in [5.41, 5.74) is 1.04. The molecule has 0 aliphatic carbocycles. The van der Waals surface area contributed by atoms with Gasteiger partial charge in [0.05, 0.1) is 13.0 Å². The van der Waals surface area contributed by atoms with Gasteiger partial charge in [0.25, 0.3) is 0 Å². The number of carboxylic acid groups (broad SMARTS) is 1. The number of nitrogens with zero attached hydrogens (tertiary/aromatic N) is 1. The number of carbonyl (C=O) groups excluding carboxylic acids is 1. The molecule has 0 spiro atoms. The molecule has 0 atom stereocenters. The minimum absolute atomic E-state index is 0.0657. The van der Waals surface area contributed by atoms with Crippen LogP contribution >= 0.6 is 15.9 Å². The van der Waals surface area contributed by atoms with E-state index in [9.17, 15) is 9.59 Å². The lowest BCUT2D eigenvalue weighted by atomic mass is 10.1. The molecule has 0 aliphatic rings. The number of aromatic carboxylic acids is 1. The highest BCUT2D eigenvalue weighted by Crippen LogP contribution is 2.17. The zero-order valence-corrected chi connectivity index (χ0v) is 13.9. The summed E-state index contributed by atoms with van der Waals surface area (Å²) >= 11 is 3.37. The van der Waals surface area contributed by atoms with Crippen LogP contribution in [-0.4, -0.2) is 28.9 Å². The lowest BCUT2D eigenvalue weighted by molar-refractivity contribution is -0.129. The molecule has 116 valence electrons. The van der Waals surface area contributed by atoms with E-state index >= 15 is 0 Å². The van der Waals surface area contributed by atoms with Crippen molar-refractivity contribution in [2.75, 3.05) is 7.05 Å². The van der Waals surface area contributed by atoms with E-state index in [1.807, 2.05) is 24.3 Å². The Bertz CT molecular complexity index is 708. The second kappa shape index (κ2) is 6.79. The number of halogens is 1. The third-order valence-corrected chi connectivity index (χ3v) is 3.76.